The lowest BCUT2D eigenvalue weighted by Gasteiger charge is -2.02. The Kier molecular flexibility index (Phi) is 2.77. The molecule has 2 N–H and O–H groups in total. The number of aromatic amines is 1. The first-order valence-corrected chi connectivity index (χ1v) is 5.33. The third kappa shape index (κ3) is 2.63. The van der Waals surface area contributed by atoms with Crippen molar-refractivity contribution in [2.45, 2.75) is 13.5 Å². The highest BCUT2D eigenvalue weighted by Gasteiger charge is 1.97. The molecule has 0 amide bonds. The minimum absolute atomic E-state index is 0.0400. The third-order valence-electron chi connectivity index (χ3n) is 1.83. The fraction of sp³-hybridized carbons (Fsp3) is 0.222. The molecule has 0 saturated carbocycles. The Labute approximate surface area is 90.2 Å². The van der Waals surface area contributed by atoms with Crippen LogP contribution in [0, 0.1) is 6.92 Å². The highest BCUT2D eigenvalue weighted by atomic mass is 32.1. The smallest absolute Gasteiger partial charge is 0.304 e. The van der Waals surface area contributed by atoms with Crippen LogP contribution in [-0.4, -0.2) is 15.2 Å². The Morgan fingerprint density at radius 1 is 1.47 bits per heavy atom. The average molecular weight is 222 g/mol. The Bertz CT molecular complexity index is 487. The van der Waals surface area contributed by atoms with Gasteiger partial charge in [0.25, 0.3) is 0 Å². The number of nitrogens with one attached hydrogen (secondary N) is 2. The van der Waals surface area contributed by atoms with Crippen LogP contribution in [0.1, 0.15) is 11.4 Å². The van der Waals surface area contributed by atoms with E-state index < -0.39 is 0 Å². The van der Waals surface area contributed by atoms with Crippen molar-refractivity contribution < 1.29 is 0 Å². The molecular weight excluding hydrogens is 212 g/mol. The quantitative estimate of drug-likeness (QED) is 0.817. The Morgan fingerprint density at radius 3 is 2.93 bits per heavy atom. The lowest BCUT2D eigenvalue weighted by Crippen LogP contribution is -2.04. The molecule has 2 aromatic heterocycles. The van der Waals surface area contributed by atoms with Gasteiger partial charge in [0.1, 0.15) is 5.82 Å². The summed E-state index contributed by atoms with van der Waals surface area (Å²) in [5.74, 6) is 0.702. The summed E-state index contributed by atoms with van der Waals surface area (Å²) in [6.45, 7) is 2.43. The van der Waals surface area contributed by atoms with E-state index in [1.165, 1.54) is 0 Å². The number of aryl methyl sites for hydroxylation is 1. The van der Waals surface area contributed by atoms with Gasteiger partial charge in [0.05, 0.1) is 12.2 Å². The number of anilines is 1. The molecule has 2 aromatic rings. The first-order valence-electron chi connectivity index (χ1n) is 4.45. The molecule has 0 aliphatic rings. The van der Waals surface area contributed by atoms with Gasteiger partial charge in [-0.05, 0) is 19.1 Å². The Hall–Kier alpha value is -1.69. The number of nitrogens with zero attached hydrogens (tertiary/aromatic N) is 2. The normalized spacial score (nSPS) is 10.2. The van der Waals surface area contributed by atoms with Gasteiger partial charge in [0.2, 0.25) is 0 Å². The predicted octanol–water partition coefficient (Wildman–Crippen LogP) is 1.15. The molecule has 78 valence electrons. The van der Waals surface area contributed by atoms with Crippen LogP contribution >= 0.6 is 11.3 Å². The maximum Gasteiger partial charge on any atom is 0.304 e. The molecule has 2 rings (SSSR count). The molecule has 0 fully saturated rings. The Balaban J connectivity index is 1.99. The van der Waals surface area contributed by atoms with Crippen LogP contribution in [0.5, 0.6) is 0 Å². The van der Waals surface area contributed by atoms with E-state index in [1.54, 1.807) is 5.38 Å². The minimum Gasteiger partial charge on any atom is -0.363 e. The number of H-pyrrole nitrogens is 1. The molecule has 15 heavy (non-hydrogen) atoms. The van der Waals surface area contributed by atoms with E-state index >= 15 is 0 Å². The van der Waals surface area contributed by atoms with Crippen molar-refractivity contribution in [2.75, 3.05) is 5.32 Å². The van der Waals surface area contributed by atoms with E-state index in [0.29, 0.717) is 12.4 Å². The number of hydrogen-bond acceptors (Lipinski definition) is 5. The molecular formula is C9H10N4OS. The molecule has 0 bridgehead atoms. The minimum atomic E-state index is -0.0400. The average Bonchev–Trinajstić information content (AvgIpc) is 2.64. The zero-order chi connectivity index (χ0) is 10.7. The van der Waals surface area contributed by atoms with E-state index in [4.69, 9.17) is 0 Å². The van der Waals surface area contributed by atoms with Crippen LogP contribution in [0.15, 0.2) is 22.3 Å². The van der Waals surface area contributed by atoms with Crippen LogP contribution in [-0.2, 0) is 6.54 Å². The van der Waals surface area contributed by atoms with Gasteiger partial charge in [-0.15, -0.1) is 5.10 Å². The zero-order valence-electron chi connectivity index (χ0n) is 8.15. The predicted molar refractivity (Wildman–Crippen MR) is 59.0 cm³/mol. The monoisotopic (exact) mass is 222 g/mol. The van der Waals surface area contributed by atoms with Crippen LogP contribution in [0.25, 0.3) is 0 Å². The summed E-state index contributed by atoms with van der Waals surface area (Å²) in [4.78, 5) is 13.5. The summed E-state index contributed by atoms with van der Waals surface area (Å²) in [7, 11) is 0. The second-order valence-electron chi connectivity index (χ2n) is 3.09. The van der Waals surface area contributed by atoms with Gasteiger partial charge >= 0.3 is 4.87 Å². The molecule has 2 heterocycles. The van der Waals surface area contributed by atoms with Gasteiger partial charge in [0.15, 0.2) is 0 Å². The molecule has 0 spiro atoms. The van der Waals surface area contributed by atoms with Crippen LogP contribution in [0.4, 0.5) is 5.82 Å². The highest BCUT2D eigenvalue weighted by molar-refractivity contribution is 7.07. The molecule has 6 heteroatoms. The molecule has 0 radical (unpaired) electrons. The van der Waals surface area contributed by atoms with Gasteiger partial charge in [-0.25, -0.2) is 0 Å². The summed E-state index contributed by atoms with van der Waals surface area (Å²) < 4.78 is 0. The second-order valence-corrected chi connectivity index (χ2v) is 3.93. The van der Waals surface area contributed by atoms with Crippen molar-refractivity contribution in [3.05, 3.63) is 38.6 Å². The van der Waals surface area contributed by atoms with E-state index in [-0.39, 0.29) is 4.87 Å². The van der Waals surface area contributed by atoms with Gasteiger partial charge in [-0.1, -0.05) is 11.3 Å². The van der Waals surface area contributed by atoms with Crippen LogP contribution < -0.4 is 10.2 Å². The van der Waals surface area contributed by atoms with Gasteiger partial charge in [0, 0.05) is 11.1 Å². The fourth-order valence-corrected chi connectivity index (χ4v) is 1.66. The SMILES string of the molecule is Cc1ccc(NCc2csc(=O)[nH]2)nn1. The summed E-state index contributed by atoms with van der Waals surface area (Å²) in [5, 5.41) is 12.7. The molecule has 0 aromatic carbocycles. The molecule has 0 aliphatic heterocycles. The van der Waals surface area contributed by atoms with E-state index in [0.717, 1.165) is 22.7 Å². The summed E-state index contributed by atoms with van der Waals surface area (Å²) >= 11 is 1.15. The van der Waals surface area contributed by atoms with Crippen molar-refractivity contribution in [1.29, 1.82) is 0 Å². The number of rotatable bonds is 3. The second kappa shape index (κ2) is 4.22. The van der Waals surface area contributed by atoms with Crippen molar-refractivity contribution in [3.63, 3.8) is 0 Å². The Morgan fingerprint density at radius 2 is 2.33 bits per heavy atom. The highest BCUT2D eigenvalue weighted by Crippen LogP contribution is 2.03. The summed E-state index contributed by atoms with van der Waals surface area (Å²) in [6.07, 6.45) is 0. The van der Waals surface area contributed by atoms with Crippen molar-refractivity contribution >= 4 is 17.2 Å². The van der Waals surface area contributed by atoms with Crippen LogP contribution in [0.3, 0.4) is 0 Å². The number of aromatic nitrogens is 3. The molecule has 0 unspecified atom stereocenters. The topological polar surface area (TPSA) is 70.7 Å². The molecule has 0 atom stereocenters. The lowest BCUT2D eigenvalue weighted by molar-refractivity contribution is 0.953. The first-order chi connectivity index (χ1) is 7.24. The van der Waals surface area contributed by atoms with Crippen molar-refractivity contribution in [1.82, 2.24) is 15.2 Å². The van der Waals surface area contributed by atoms with Gasteiger partial charge < -0.3 is 10.3 Å². The maximum atomic E-state index is 10.9. The standard InChI is InChI=1S/C9H10N4OS/c1-6-2-3-8(13-12-6)10-4-7-5-15-9(14)11-7/h2-3,5H,4H2,1H3,(H,10,13)(H,11,14). The largest absolute Gasteiger partial charge is 0.363 e. The van der Waals surface area contributed by atoms with E-state index in [9.17, 15) is 4.79 Å². The molecule has 0 saturated heterocycles. The van der Waals surface area contributed by atoms with Crippen LogP contribution in [0.2, 0.25) is 0 Å². The van der Waals surface area contributed by atoms with Gasteiger partial charge in [-0.3, -0.25) is 4.79 Å². The third-order valence-corrected chi connectivity index (χ3v) is 2.55. The molecule has 5 nitrogen and oxygen atoms in total. The van der Waals surface area contributed by atoms with Crippen molar-refractivity contribution in [3.8, 4) is 0 Å². The summed E-state index contributed by atoms with van der Waals surface area (Å²) in [5.41, 5.74) is 1.73. The maximum absolute atomic E-state index is 10.9. The fourth-order valence-electron chi connectivity index (χ4n) is 1.08. The molecule has 0 aliphatic carbocycles. The summed E-state index contributed by atoms with van der Waals surface area (Å²) in [6, 6.07) is 3.73. The first kappa shape index (κ1) is 9.85. The number of thiazole rings is 1. The van der Waals surface area contributed by atoms with Crippen molar-refractivity contribution in [2.24, 2.45) is 0 Å². The van der Waals surface area contributed by atoms with E-state index in [1.807, 2.05) is 19.1 Å². The van der Waals surface area contributed by atoms with Gasteiger partial charge in [-0.2, -0.15) is 5.10 Å². The lowest BCUT2D eigenvalue weighted by atomic mass is 10.4. The zero-order valence-corrected chi connectivity index (χ0v) is 8.97. The van der Waals surface area contributed by atoms with E-state index in [2.05, 4.69) is 20.5 Å². The number of hydrogen-bond donors (Lipinski definition) is 2.